The molecule has 1 aliphatic rings. The van der Waals surface area contributed by atoms with Crippen LogP contribution in [0.1, 0.15) is 25.7 Å². The second kappa shape index (κ2) is 6.62. The Morgan fingerprint density at radius 3 is 2.50 bits per heavy atom. The summed E-state index contributed by atoms with van der Waals surface area (Å²) in [5.74, 6) is -2.06. The number of hydrogen-bond acceptors (Lipinski definition) is 4. The molecule has 2 unspecified atom stereocenters. The first-order chi connectivity index (χ1) is 9.49. The lowest BCUT2D eigenvalue weighted by Gasteiger charge is -2.27. The van der Waals surface area contributed by atoms with E-state index in [2.05, 4.69) is 47.1 Å². The Hall–Kier alpha value is -1.02. The van der Waals surface area contributed by atoms with Gasteiger partial charge < -0.3 is 10.4 Å². The van der Waals surface area contributed by atoms with Crippen LogP contribution in [0.15, 0.2) is 15.4 Å². The molecule has 2 atom stereocenters. The first-order valence-corrected chi connectivity index (χ1v) is 7.79. The highest BCUT2D eigenvalue weighted by Gasteiger charge is 2.36. The van der Waals surface area contributed by atoms with Crippen LogP contribution in [0.5, 0.6) is 0 Å². The third-order valence-corrected chi connectivity index (χ3v) is 4.30. The van der Waals surface area contributed by atoms with Crippen molar-refractivity contribution in [2.24, 2.45) is 11.8 Å². The molecule has 1 aromatic heterocycles. The van der Waals surface area contributed by atoms with Crippen LogP contribution >= 0.6 is 31.9 Å². The van der Waals surface area contributed by atoms with Gasteiger partial charge in [-0.25, -0.2) is 9.97 Å². The number of carboxylic acids is 1. The summed E-state index contributed by atoms with van der Waals surface area (Å²) in [7, 11) is 0. The molecule has 1 aliphatic carbocycles. The van der Waals surface area contributed by atoms with E-state index in [0.29, 0.717) is 27.9 Å². The minimum Gasteiger partial charge on any atom is -0.481 e. The number of amides is 1. The van der Waals surface area contributed by atoms with Gasteiger partial charge in [0.2, 0.25) is 5.91 Å². The van der Waals surface area contributed by atoms with E-state index in [9.17, 15) is 14.7 Å². The molecule has 0 aromatic carbocycles. The Balaban J connectivity index is 2.12. The van der Waals surface area contributed by atoms with Crippen LogP contribution in [0, 0.1) is 11.8 Å². The van der Waals surface area contributed by atoms with Crippen LogP contribution in [0.4, 0.5) is 5.82 Å². The van der Waals surface area contributed by atoms with Gasteiger partial charge in [0.1, 0.15) is 9.21 Å². The van der Waals surface area contributed by atoms with Gasteiger partial charge in [-0.2, -0.15) is 0 Å². The Kier molecular flexibility index (Phi) is 5.09. The number of carboxylic acid groups (broad SMARTS) is 1. The molecule has 1 aromatic rings. The molecule has 0 saturated heterocycles. The third-order valence-electron chi connectivity index (χ3n) is 3.36. The van der Waals surface area contributed by atoms with Gasteiger partial charge in [0.05, 0.1) is 18.0 Å². The maximum Gasteiger partial charge on any atom is 0.307 e. The molecule has 0 aliphatic heterocycles. The van der Waals surface area contributed by atoms with Crippen LogP contribution in [-0.2, 0) is 9.59 Å². The Morgan fingerprint density at radius 2 is 1.90 bits per heavy atom. The zero-order valence-corrected chi connectivity index (χ0v) is 13.6. The number of hydrogen-bond donors (Lipinski definition) is 2. The molecule has 6 nitrogen and oxygen atoms in total. The molecule has 8 heteroatoms. The molecule has 0 spiro atoms. The first-order valence-electron chi connectivity index (χ1n) is 6.20. The van der Waals surface area contributed by atoms with E-state index >= 15 is 0 Å². The van der Waals surface area contributed by atoms with E-state index < -0.39 is 17.8 Å². The van der Waals surface area contributed by atoms with Crippen LogP contribution in [0.3, 0.4) is 0 Å². The summed E-state index contributed by atoms with van der Waals surface area (Å²) in [6.45, 7) is 0. The summed E-state index contributed by atoms with van der Waals surface area (Å²) in [6.07, 6.45) is 4.32. The molecule has 20 heavy (non-hydrogen) atoms. The van der Waals surface area contributed by atoms with Crippen molar-refractivity contribution in [3.8, 4) is 0 Å². The van der Waals surface area contributed by atoms with E-state index in [1.807, 2.05) is 0 Å². The molecule has 0 radical (unpaired) electrons. The number of nitrogens with one attached hydrogen (secondary N) is 1. The molecule has 1 heterocycles. The lowest BCUT2D eigenvalue weighted by atomic mass is 9.79. The first kappa shape index (κ1) is 15.4. The fourth-order valence-electron chi connectivity index (χ4n) is 2.38. The summed E-state index contributed by atoms with van der Waals surface area (Å²) in [4.78, 5) is 31.6. The largest absolute Gasteiger partial charge is 0.481 e. The molecular formula is C12H13Br2N3O3. The van der Waals surface area contributed by atoms with Gasteiger partial charge in [-0.1, -0.05) is 12.8 Å². The zero-order valence-electron chi connectivity index (χ0n) is 10.5. The second-order valence-electron chi connectivity index (χ2n) is 4.66. The number of rotatable bonds is 3. The van der Waals surface area contributed by atoms with Crippen molar-refractivity contribution in [1.82, 2.24) is 9.97 Å². The predicted octanol–water partition coefficient (Wildman–Crippen LogP) is 2.83. The lowest BCUT2D eigenvalue weighted by molar-refractivity contribution is -0.147. The van der Waals surface area contributed by atoms with Crippen LogP contribution in [0.2, 0.25) is 0 Å². The number of halogens is 2. The van der Waals surface area contributed by atoms with Gasteiger partial charge in [-0.15, -0.1) is 0 Å². The predicted molar refractivity (Wildman–Crippen MR) is 79.1 cm³/mol. The maximum atomic E-state index is 12.2. The lowest BCUT2D eigenvalue weighted by Crippen LogP contribution is -2.36. The summed E-state index contributed by atoms with van der Waals surface area (Å²) < 4.78 is 0.950. The normalized spacial score (nSPS) is 22.3. The average Bonchev–Trinajstić information content (AvgIpc) is 2.41. The number of aliphatic carboxylic acids is 1. The number of carbonyl (C=O) groups excluding carboxylic acids is 1. The highest BCUT2D eigenvalue weighted by Crippen LogP contribution is 2.31. The van der Waals surface area contributed by atoms with Gasteiger partial charge >= 0.3 is 5.97 Å². The van der Waals surface area contributed by atoms with E-state index in [4.69, 9.17) is 0 Å². The smallest absolute Gasteiger partial charge is 0.307 e. The fourth-order valence-corrected chi connectivity index (χ4v) is 3.29. The van der Waals surface area contributed by atoms with Crippen LogP contribution in [-0.4, -0.2) is 27.0 Å². The molecule has 0 bridgehead atoms. The van der Waals surface area contributed by atoms with Crippen molar-refractivity contribution in [3.63, 3.8) is 0 Å². The molecule has 1 fully saturated rings. The summed E-state index contributed by atoms with van der Waals surface area (Å²) >= 11 is 6.38. The standard InChI is InChI=1S/C12H13Br2N3O3/c13-8-5-15-10(9(14)16-8)17-11(18)6-3-1-2-4-7(6)12(19)20/h5-7H,1-4H2,(H,19,20)(H,15,17,18). The minimum absolute atomic E-state index is 0.299. The number of carbonyl (C=O) groups is 2. The molecule has 2 N–H and O–H groups in total. The van der Waals surface area contributed by atoms with Crippen molar-refractivity contribution in [2.45, 2.75) is 25.7 Å². The third kappa shape index (κ3) is 3.54. The highest BCUT2D eigenvalue weighted by molar-refractivity contribution is 9.11. The number of aromatic nitrogens is 2. The number of anilines is 1. The average molecular weight is 407 g/mol. The Morgan fingerprint density at radius 1 is 1.25 bits per heavy atom. The van der Waals surface area contributed by atoms with Crippen molar-refractivity contribution in [2.75, 3.05) is 5.32 Å². The van der Waals surface area contributed by atoms with Crippen molar-refractivity contribution in [3.05, 3.63) is 15.4 Å². The van der Waals surface area contributed by atoms with Crippen molar-refractivity contribution in [1.29, 1.82) is 0 Å². The minimum atomic E-state index is -0.911. The maximum absolute atomic E-state index is 12.2. The topological polar surface area (TPSA) is 92.2 Å². The molecule has 2 rings (SSSR count). The van der Waals surface area contributed by atoms with Gasteiger partial charge in [-0.05, 0) is 44.7 Å². The van der Waals surface area contributed by atoms with E-state index in [1.54, 1.807) is 0 Å². The summed E-state index contributed by atoms with van der Waals surface area (Å²) in [6, 6.07) is 0. The zero-order chi connectivity index (χ0) is 14.7. The molecule has 108 valence electrons. The second-order valence-corrected chi connectivity index (χ2v) is 6.22. The van der Waals surface area contributed by atoms with Gasteiger partial charge in [0.15, 0.2) is 5.82 Å². The van der Waals surface area contributed by atoms with Gasteiger partial charge in [0, 0.05) is 0 Å². The fraction of sp³-hybridized carbons (Fsp3) is 0.500. The van der Waals surface area contributed by atoms with Crippen LogP contribution < -0.4 is 5.32 Å². The highest BCUT2D eigenvalue weighted by atomic mass is 79.9. The quantitative estimate of drug-likeness (QED) is 0.805. The Bertz CT molecular complexity index is 539. The monoisotopic (exact) mass is 405 g/mol. The molecule has 1 amide bonds. The van der Waals surface area contributed by atoms with E-state index in [-0.39, 0.29) is 5.91 Å². The number of nitrogens with zero attached hydrogens (tertiary/aromatic N) is 2. The molecule has 1 saturated carbocycles. The van der Waals surface area contributed by atoms with Crippen molar-refractivity contribution < 1.29 is 14.7 Å². The Labute approximate surface area is 132 Å². The van der Waals surface area contributed by atoms with E-state index in [0.717, 1.165) is 12.8 Å². The van der Waals surface area contributed by atoms with Crippen LogP contribution in [0.25, 0.3) is 0 Å². The van der Waals surface area contributed by atoms with Crippen molar-refractivity contribution >= 4 is 49.6 Å². The van der Waals surface area contributed by atoms with Gasteiger partial charge in [-0.3, -0.25) is 9.59 Å². The molecular weight excluding hydrogens is 394 g/mol. The van der Waals surface area contributed by atoms with E-state index in [1.165, 1.54) is 6.20 Å². The SMILES string of the molecule is O=C(O)C1CCCCC1C(=O)Nc1ncc(Br)nc1Br. The summed E-state index contributed by atoms with van der Waals surface area (Å²) in [5, 5.41) is 11.8. The summed E-state index contributed by atoms with van der Waals surface area (Å²) in [5.41, 5.74) is 0. The van der Waals surface area contributed by atoms with Gasteiger partial charge in [0.25, 0.3) is 0 Å².